The Morgan fingerprint density at radius 3 is 2.42 bits per heavy atom. The van der Waals surface area contributed by atoms with Gasteiger partial charge in [0.05, 0.1) is 6.04 Å². The van der Waals surface area contributed by atoms with Crippen molar-refractivity contribution in [2.75, 3.05) is 30.9 Å². The normalized spacial score (nSPS) is 18.8. The number of hydrogen-bond acceptors (Lipinski definition) is 8. The highest BCUT2D eigenvalue weighted by atomic mass is 32.2. The second kappa shape index (κ2) is 14.5. The fraction of sp³-hybridized carbons (Fsp3) is 0.789. The highest BCUT2D eigenvalue weighted by Gasteiger charge is 2.38. The minimum absolute atomic E-state index is 0.00408. The van der Waals surface area contributed by atoms with Gasteiger partial charge in [0.15, 0.2) is 0 Å². The molecule has 1 heterocycles. The molecule has 31 heavy (non-hydrogen) atoms. The topological polar surface area (TPSA) is 168 Å². The van der Waals surface area contributed by atoms with Crippen molar-refractivity contribution in [1.29, 1.82) is 0 Å². The van der Waals surface area contributed by atoms with Gasteiger partial charge in [0.2, 0.25) is 17.7 Å². The Morgan fingerprint density at radius 2 is 1.84 bits per heavy atom. The SMILES string of the molecule is CSCCC(N)C(=O)NC(CCCCN)C(=O)NC(CS)C(=O)N1CCCC1C(=O)O. The molecular weight excluding hydrogens is 442 g/mol. The number of carbonyl (C=O) groups is 4. The van der Waals surface area contributed by atoms with Gasteiger partial charge in [-0.3, -0.25) is 14.4 Å². The molecule has 0 radical (unpaired) electrons. The van der Waals surface area contributed by atoms with E-state index in [0.717, 1.165) is 5.75 Å². The van der Waals surface area contributed by atoms with E-state index in [1.165, 1.54) is 4.90 Å². The number of rotatable bonds is 14. The number of thioether (sulfide) groups is 1. The lowest BCUT2D eigenvalue weighted by Crippen LogP contribution is -2.57. The van der Waals surface area contributed by atoms with Crippen LogP contribution in [0.5, 0.6) is 0 Å². The second-order valence-corrected chi connectivity index (χ2v) is 8.86. The van der Waals surface area contributed by atoms with Crippen LogP contribution < -0.4 is 22.1 Å². The molecule has 10 nitrogen and oxygen atoms in total. The summed E-state index contributed by atoms with van der Waals surface area (Å²) < 4.78 is 0. The predicted octanol–water partition coefficient (Wildman–Crippen LogP) is -0.829. The van der Waals surface area contributed by atoms with Crippen LogP contribution in [0.4, 0.5) is 0 Å². The lowest BCUT2D eigenvalue weighted by atomic mass is 10.1. The van der Waals surface area contributed by atoms with E-state index < -0.39 is 47.9 Å². The van der Waals surface area contributed by atoms with E-state index in [-0.39, 0.29) is 5.75 Å². The Balaban J connectivity index is 2.82. The van der Waals surface area contributed by atoms with Crippen LogP contribution in [0.25, 0.3) is 0 Å². The molecule has 1 aliphatic heterocycles. The molecule has 0 spiro atoms. The van der Waals surface area contributed by atoms with Gasteiger partial charge >= 0.3 is 5.97 Å². The van der Waals surface area contributed by atoms with Crippen LogP contribution >= 0.6 is 24.4 Å². The molecule has 0 aliphatic carbocycles. The van der Waals surface area contributed by atoms with Crippen LogP contribution in [0.3, 0.4) is 0 Å². The number of carboxylic acids is 1. The predicted molar refractivity (Wildman–Crippen MR) is 124 cm³/mol. The number of carbonyl (C=O) groups excluding carboxylic acids is 3. The third-order valence-electron chi connectivity index (χ3n) is 5.17. The van der Waals surface area contributed by atoms with Gasteiger partial charge in [-0.05, 0) is 57.1 Å². The van der Waals surface area contributed by atoms with E-state index in [2.05, 4.69) is 23.3 Å². The molecule has 1 rings (SSSR count). The van der Waals surface area contributed by atoms with Crippen molar-refractivity contribution in [3.8, 4) is 0 Å². The van der Waals surface area contributed by atoms with E-state index >= 15 is 0 Å². The smallest absolute Gasteiger partial charge is 0.326 e. The zero-order valence-electron chi connectivity index (χ0n) is 17.9. The third kappa shape index (κ3) is 8.87. The number of thiol groups is 1. The molecule has 3 amide bonds. The number of unbranched alkanes of at least 4 members (excludes halogenated alkanes) is 1. The van der Waals surface area contributed by atoms with Crippen molar-refractivity contribution in [2.24, 2.45) is 11.5 Å². The summed E-state index contributed by atoms with van der Waals surface area (Å²) in [6.07, 6.45) is 4.99. The molecule has 0 saturated carbocycles. The summed E-state index contributed by atoms with van der Waals surface area (Å²) >= 11 is 5.74. The van der Waals surface area contributed by atoms with Crippen LogP contribution in [-0.4, -0.2) is 88.7 Å². The van der Waals surface area contributed by atoms with Crippen molar-refractivity contribution in [3.63, 3.8) is 0 Å². The maximum absolute atomic E-state index is 12.9. The zero-order chi connectivity index (χ0) is 23.4. The molecule has 1 aliphatic rings. The summed E-state index contributed by atoms with van der Waals surface area (Å²) in [5.74, 6) is -1.79. The van der Waals surface area contributed by atoms with Crippen LogP contribution in [0.1, 0.15) is 38.5 Å². The van der Waals surface area contributed by atoms with Crippen molar-refractivity contribution < 1.29 is 24.3 Å². The van der Waals surface area contributed by atoms with Crippen LogP contribution in [-0.2, 0) is 19.2 Å². The fourth-order valence-corrected chi connectivity index (χ4v) is 4.10. The van der Waals surface area contributed by atoms with Crippen LogP contribution in [0, 0.1) is 0 Å². The maximum Gasteiger partial charge on any atom is 0.326 e. The van der Waals surface area contributed by atoms with Crippen LogP contribution in [0.2, 0.25) is 0 Å². The molecular formula is C19H35N5O5S2. The average molecular weight is 478 g/mol. The van der Waals surface area contributed by atoms with E-state index in [4.69, 9.17) is 11.5 Å². The summed E-state index contributed by atoms with van der Waals surface area (Å²) in [6, 6.07) is -3.50. The molecule has 1 saturated heterocycles. The molecule has 0 aromatic rings. The van der Waals surface area contributed by atoms with Gasteiger partial charge in [0.1, 0.15) is 18.1 Å². The number of hydrogen-bond donors (Lipinski definition) is 6. The van der Waals surface area contributed by atoms with E-state index in [1.807, 2.05) is 6.26 Å². The Morgan fingerprint density at radius 1 is 1.16 bits per heavy atom. The number of nitrogens with zero attached hydrogens (tertiary/aromatic N) is 1. The Bertz CT molecular complexity index is 624. The van der Waals surface area contributed by atoms with Gasteiger partial charge in [-0.2, -0.15) is 24.4 Å². The largest absolute Gasteiger partial charge is 0.480 e. The number of nitrogens with two attached hydrogens (primary N) is 2. The standard InChI is InChI=1S/C19H35N5O5S2/c1-31-10-7-12(21)16(25)22-13(5-2-3-8-20)17(26)23-14(11-30)18(27)24-9-4-6-15(24)19(28)29/h12-15,30H,2-11,20-21H2,1H3,(H,22,25)(H,23,26)(H,28,29). The van der Waals surface area contributed by atoms with Crippen molar-refractivity contribution in [3.05, 3.63) is 0 Å². The molecule has 0 aromatic heterocycles. The second-order valence-electron chi connectivity index (χ2n) is 7.51. The Labute approximate surface area is 193 Å². The van der Waals surface area contributed by atoms with E-state index in [1.54, 1.807) is 11.8 Å². The molecule has 12 heteroatoms. The van der Waals surface area contributed by atoms with E-state index in [0.29, 0.717) is 51.6 Å². The van der Waals surface area contributed by atoms with Crippen molar-refractivity contribution >= 4 is 48.1 Å². The number of nitrogens with one attached hydrogen (secondary N) is 2. The first kappa shape index (κ1) is 27.5. The zero-order valence-corrected chi connectivity index (χ0v) is 19.6. The first-order valence-electron chi connectivity index (χ1n) is 10.5. The first-order valence-corrected chi connectivity index (χ1v) is 12.5. The minimum atomic E-state index is -1.07. The number of amides is 3. The number of aliphatic carboxylic acids is 1. The summed E-state index contributed by atoms with van der Waals surface area (Å²) in [5.41, 5.74) is 11.4. The lowest BCUT2D eigenvalue weighted by Gasteiger charge is -2.28. The lowest BCUT2D eigenvalue weighted by molar-refractivity contribution is -0.149. The minimum Gasteiger partial charge on any atom is -0.480 e. The van der Waals surface area contributed by atoms with Crippen molar-refractivity contribution in [1.82, 2.24) is 15.5 Å². The molecule has 4 atom stereocenters. The monoisotopic (exact) mass is 477 g/mol. The highest BCUT2D eigenvalue weighted by molar-refractivity contribution is 7.98. The molecule has 4 unspecified atom stereocenters. The third-order valence-corrected chi connectivity index (χ3v) is 6.18. The molecule has 1 fully saturated rings. The average Bonchev–Trinajstić information content (AvgIpc) is 3.24. The first-order chi connectivity index (χ1) is 14.8. The summed E-state index contributed by atoms with van der Waals surface area (Å²) in [7, 11) is 0. The van der Waals surface area contributed by atoms with Gasteiger partial charge in [0, 0.05) is 12.3 Å². The summed E-state index contributed by atoms with van der Waals surface area (Å²) in [5, 5.41) is 14.6. The number of carboxylic acid groups (broad SMARTS) is 1. The summed E-state index contributed by atoms with van der Waals surface area (Å²) in [6.45, 7) is 0.774. The summed E-state index contributed by atoms with van der Waals surface area (Å²) in [4.78, 5) is 50.8. The molecule has 0 bridgehead atoms. The quantitative estimate of drug-likeness (QED) is 0.139. The fourth-order valence-electron chi connectivity index (χ4n) is 3.36. The van der Waals surface area contributed by atoms with Crippen LogP contribution in [0.15, 0.2) is 0 Å². The van der Waals surface area contributed by atoms with Gasteiger partial charge < -0.3 is 32.1 Å². The highest BCUT2D eigenvalue weighted by Crippen LogP contribution is 2.19. The molecule has 178 valence electrons. The van der Waals surface area contributed by atoms with Gasteiger partial charge in [-0.25, -0.2) is 4.79 Å². The van der Waals surface area contributed by atoms with E-state index in [9.17, 15) is 24.3 Å². The van der Waals surface area contributed by atoms with Gasteiger partial charge in [0.25, 0.3) is 0 Å². The Hall–Kier alpha value is -1.50. The van der Waals surface area contributed by atoms with Gasteiger partial charge in [-0.1, -0.05) is 0 Å². The maximum atomic E-state index is 12.9. The number of likely N-dealkylation sites (tertiary alicyclic amines) is 1. The van der Waals surface area contributed by atoms with Crippen molar-refractivity contribution in [2.45, 2.75) is 62.7 Å². The molecule has 0 aromatic carbocycles. The Kier molecular flexibility index (Phi) is 12.9. The molecule has 7 N–H and O–H groups in total. The van der Waals surface area contributed by atoms with Gasteiger partial charge in [-0.15, -0.1) is 0 Å².